The molecule has 1 aromatic rings. The lowest BCUT2D eigenvalue weighted by Crippen LogP contribution is -2.26. The molecule has 0 aliphatic rings. The van der Waals surface area contributed by atoms with Gasteiger partial charge < -0.3 is 19.8 Å². The summed E-state index contributed by atoms with van der Waals surface area (Å²) in [7, 11) is 1.85. The Morgan fingerprint density at radius 1 is 1.62 bits per heavy atom. The largest absolute Gasteiger partial charge is 0.395 e. The van der Waals surface area contributed by atoms with Gasteiger partial charge in [0.25, 0.3) is 0 Å². The zero-order valence-corrected chi connectivity index (χ0v) is 9.56. The second-order valence-electron chi connectivity index (χ2n) is 3.65. The van der Waals surface area contributed by atoms with E-state index >= 15 is 0 Å². The minimum atomic E-state index is -0.113. The van der Waals surface area contributed by atoms with E-state index in [4.69, 9.17) is 9.63 Å². The van der Waals surface area contributed by atoms with E-state index in [0.717, 1.165) is 0 Å². The van der Waals surface area contributed by atoms with Crippen LogP contribution in [0.15, 0.2) is 10.6 Å². The molecule has 0 fully saturated rings. The summed E-state index contributed by atoms with van der Waals surface area (Å²) in [4.78, 5) is 13.3. The molecule has 0 aromatic carbocycles. The van der Waals surface area contributed by atoms with Gasteiger partial charge in [0.15, 0.2) is 5.82 Å². The molecule has 16 heavy (non-hydrogen) atoms. The third kappa shape index (κ3) is 4.41. The van der Waals surface area contributed by atoms with Crippen LogP contribution in [0.5, 0.6) is 0 Å². The standard InChI is InChI=1S/C10H17N3O3/c1-8-7-9(12-16-8)11-10(15)3-4-13(2)5-6-14/h7,14H,3-6H2,1-2H3,(H,11,12,15). The molecule has 0 bridgehead atoms. The minimum Gasteiger partial charge on any atom is -0.395 e. The maximum Gasteiger partial charge on any atom is 0.226 e. The number of aliphatic hydroxyl groups excluding tert-OH is 1. The predicted octanol–water partition coefficient (Wildman–Crippen LogP) is 0.236. The molecule has 0 atom stereocenters. The van der Waals surface area contributed by atoms with Crippen LogP contribution in [0.25, 0.3) is 0 Å². The number of hydrogen-bond acceptors (Lipinski definition) is 5. The highest BCUT2D eigenvalue weighted by Crippen LogP contribution is 2.07. The molecular formula is C10H17N3O3. The third-order valence-corrected chi connectivity index (χ3v) is 2.10. The molecule has 0 unspecified atom stereocenters. The van der Waals surface area contributed by atoms with Gasteiger partial charge in [-0.3, -0.25) is 4.79 Å². The zero-order chi connectivity index (χ0) is 12.0. The van der Waals surface area contributed by atoms with E-state index in [1.807, 2.05) is 11.9 Å². The van der Waals surface area contributed by atoms with Crippen LogP contribution in [-0.2, 0) is 4.79 Å². The second-order valence-corrected chi connectivity index (χ2v) is 3.65. The van der Waals surface area contributed by atoms with Gasteiger partial charge in [-0.25, -0.2) is 0 Å². The number of hydrogen-bond donors (Lipinski definition) is 2. The number of amides is 1. The molecule has 0 aliphatic heterocycles. The van der Waals surface area contributed by atoms with Gasteiger partial charge in [0.1, 0.15) is 5.76 Å². The third-order valence-electron chi connectivity index (χ3n) is 2.10. The fraction of sp³-hybridized carbons (Fsp3) is 0.600. The number of aromatic nitrogens is 1. The Hall–Kier alpha value is -1.40. The number of carbonyl (C=O) groups is 1. The van der Waals surface area contributed by atoms with Gasteiger partial charge in [0.05, 0.1) is 6.61 Å². The van der Waals surface area contributed by atoms with Crippen LogP contribution < -0.4 is 5.32 Å². The van der Waals surface area contributed by atoms with Crippen molar-refractivity contribution in [2.75, 3.05) is 32.1 Å². The molecule has 0 saturated heterocycles. The number of nitrogens with one attached hydrogen (secondary N) is 1. The van der Waals surface area contributed by atoms with Crippen LogP contribution in [0, 0.1) is 6.92 Å². The molecule has 1 rings (SSSR count). The summed E-state index contributed by atoms with van der Waals surface area (Å²) in [5.41, 5.74) is 0. The SMILES string of the molecule is Cc1cc(NC(=O)CCN(C)CCO)no1. The molecule has 0 radical (unpaired) electrons. The van der Waals surface area contributed by atoms with E-state index < -0.39 is 0 Å². The molecule has 6 heteroatoms. The summed E-state index contributed by atoms with van der Waals surface area (Å²) in [5.74, 6) is 0.984. The van der Waals surface area contributed by atoms with Crippen LogP contribution >= 0.6 is 0 Å². The summed E-state index contributed by atoms with van der Waals surface area (Å²) in [6.45, 7) is 3.03. The fourth-order valence-electron chi connectivity index (χ4n) is 1.21. The number of aliphatic hydroxyl groups is 1. The summed E-state index contributed by atoms with van der Waals surface area (Å²) in [6, 6.07) is 1.66. The van der Waals surface area contributed by atoms with Crippen molar-refractivity contribution in [1.29, 1.82) is 0 Å². The molecule has 2 N–H and O–H groups in total. The van der Waals surface area contributed by atoms with Crippen molar-refractivity contribution in [2.45, 2.75) is 13.3 Å². The van der Waals surface area contributed by atoms with Gasteiger partial charge in [-0.05, 0) is 14.0 Å². The zero-order valence-electron chi connectivity index (χ0n) is 9.56. The first-order chi connectivity index (χ1) is 7.61. The highest BCUT2D eigenvalue weighted by atomic mass is 16.5. The van der Waals surface area contributed by atoms with Gasteiger partial charge in [-0.2, -0.15) is 0 Å². The lowest BCUT2D eigenvalue weighted by molar-refractivity contribution is -0.116. The van der Waals surface area contributed by atoms with Crippen molar-refractivity contribution in [3.63, 3.8) is 0 Å². The van der Waals surface area contributed by atoms with Crippen molar-refractivity contribution in [3.05, 3.63) is 11.8 Å². The predicted molar refractivity (Wildman–Crippen MR) is 59.1 cm³/mol. The first-order valence-electron chi connectivity index (χ1n) is 5.14. The first-order valence-corrected chi connectivity index (χ1v) is 5.14. The Kier molecular flexibility index (Phi) is 4.94. The Morgan fingerprint density at radius 3 is 2.94 bits per heavy atom. The highest BCUT2D eigenvalue weighted by molar-refractivity contribution is 5.89. The van der Waals surface area contributed by atoms with Crippen molar-refractivity contribution in [3.8, 4) is 0 Å². The summed E-state index contributed by atoms with van der Waals surface area (Å²) < 4.78 is 4.82. The number of carbonyl (C=O) groups excluding carboxylic acids is 1. The molecule has 0 spiro atoms. The topological polar surface area (TPSA) is 78.6 Å². The van der Waals surface area contributed by atoms with Crippen molar-refractivity contribution in [2.24, 2.45) is 0 Å². The van der Waals surface area contributed by atoms with Gasteiger partial charge in [0.2, 0.25) is 5.91 Å². The van der Waals surface area contributed by atoms with Crippen LogP contribution in [0.2, 0.25) is 0 Å². The van der Waals surface area contributed by atoms with Gasteiger partial charge in [-0.1, -0.05) is 5.16 Å². The normalized spacial score (nSPS) is 10.8. The maximum atomic E-state index is 11.4. The van der Waals surface area contributed by atoms with E-state index in [1.54, 1.807) is 13.0 Å². The molecule has 0 saturated carbocycles. The number of rotatable bonds is 6. The Bertz CT molecular complexity index is 338. The second kappa shape index (κ2) is 6.24. The Labute approximate surface area is 94.2 Å². The minimum absolute atomic E-state index is 0.0978. The molecule has 1 aromatic heterocycles. The van der Waals surface area contributed by atoms with Crippen LogP contribution in [0.1, 0.15) is 12.2 Å². The van der Waals surface area contributed by atoms with Crippen LogP contribution in [0.4, 0.5) is 5.82 Å². The van der Waals surface area contributed by atoms with E-state index in [0.29, 0.717) is 31.1 Å². The van der Waals surface area contributed by atoms with E-state index in [2.05, 4.69) is 10.5 Å². The molecule has 0 aliphatic carbocycles. The molecule has 90 valence electrons. The van der Waals surface area contributed by atoms with Gasteiger partial charge >= 0.3 is 0 Å². The smallest absolute Gasteiger partial charge is 0.226 e. The summed E-state index contributed by atoms with van der Waals surface area (Å²) in [5, 5.41) is 15.0. The first kappa shape index (κ1) is 12.7. The Morgan fingerprint density at radius 2 is 2.38 bits per heavy atom. The molecule has 1 amide bonds. The average Bonchev–Trinajstić information content (AvgIpc) is 2.61. The van der Waals surface area contributed by atoms with E-state index in [9.17, 15) is 4.79 Å². The number of aryl methyl sites for hydroxylation is 1. The lowest BCUT2D eigenvalue weighted by atomic mass is 10.3. The monoisotopic (exact) mass is 227 g/mol. The van der Waals surface area contributed by atoms with Crippen LogP contribution in [-0.4, -0.2) is 47.8 Å². The molecular weight excluding hydrogens is 210 g/mol. The highest BCUT2D eigenvalue weighted by Gasteiger charge is 2.07. The van der Waals surface area contributed by atoms with E-state index in [-0.39, 0.29) is 12.5 Å². The maximum absolute atomic E-state index is 11.4. The number of anilines is 1. The lowest BCUT2D eigenvalue weighted by Gasteiger charge is -2.13. The summed E-state index contributed by atoms with van der Waals surface area (Å²) >= 11 is 0. The summed E-state index contributed by atoms with van der Waals surface area (Å²) in [6.07, 6.45) is 0.363. The van der Waals surface area contributed by atoms with E-state index in [1.165, 1.54) is 0 Å². The van der Waals surface area contributed by atoms with Crippen molar-refractivity contribution in [1.82, 2.24) is 10.1 Å². The Balaban J connectivity index is 2.26. The fourth-order valence-corrected chi connectivity index (χ4v) is 1.21. The molecule has 1 heterocycles. The van der Waals surface area contributed by atoms with Crippen molar-refractivity contribution < 1.29 is 14.4 Å². The van der Waals surface area contributed by atoms with Gasteiger partial charge in [0, 0.05) is 25.6 Å². The van der Waals surface area contributed by atoms with Crippen molar-refractivity contribution >= 4 is 11.7 Å². The van der Waals surface area contributed by atoms with Gasteiger partial charge in [-0.15, -0.1) is 0 Å². The number of nitrogens with zero attached hydrogens (tertiary/aromatic N) is 2. The molecule has 6 nitrogen and oxygen atoms in total. The van der Waals surface area contributed by atoms with Crippen LogP contribution in [0.3, 0.4) is 0 Å². The quantitative estimate of drug-likeness (QED) is 0.727. The average molecular weight is 227 g/mol. The number of likely N-dealkylation sites (N-methyl/N-ethyl adjacent to an activating group) is 1.